The van der Waals surface area contributed by atoms with Gasteiger partial charge in [0.15, 0.2) is 0 Å². The summed E-state index contributed by atoms with van der Waals surface area (Å²) in [4.78, 5) is 2.22. The van der Waals surface area contributed by atoms with Gasteiger partial charge in [0.05, 0.1) is 12.6 Å². The van der Waals surface area contributed by atoms with Gasteiger partial charge in [-0.05, 0) is 37.5 Å². The van der Waals surface area contributed by atoms with Crippen molar-refractivity contribution in [3.8, 4) is 0 Å². The second kappa shape index (κ2) is 5.53. The SMILES string of the molecule is C=C1C(CO)CCCN1C(C)c1ccc(F)cc1. The van der Waals surface area contributed by atoms with E-state index in [1.807, 2.05) is 12.1 Å². The van der Waals surface area contributed by atoms with Crippen molar-refractivity contribution in [3.05, 3.63) is 47.9 Å². The first-order chi connectivity index (χ1) is 8.63. The summed E-state index contributed by atoms with van der Waals surface area (Å²) in [5.74, 6) is -0.0432. The van der Waals surface area contributed by atoms with Gasteiger partial charge in [-0.25, -0.2) is 4.39 Å². The van der Waals surface area contributed by atoms with Crippen LogP contribution in [0.2, 0.25) is 0 Å². The molecule has 1 saturated heterocycles. The van der Waals surface area contributed by atoms with Gasteiger partial charge in [0.1, 0.15) is 5.82 Å². The molecule has 1 N–H and O–H groups in total. The Morgan fingerprint density at radius 3 is 2.72 bits per heavy atom. The molecule has 0 radical (unpaired) electrons. The van der Waals surface area contributed by atoms with Gasteiger partial charge in [0.2, 0.25) is 0 Å². The third-order valence-corrected chi connectivity index (χ3v) is 3.83. The van der Waals surface area contributed by atoms with Gasteiger partial charge in [-0.1, -0.05) is 18.7 Å². The molecule has 2 nitrogen and oxygen atoms in total. The number of likely N-dealkylation sites (tertiary alicyclic amines) is 1. The van der Waals surface area contributed by atoms with Crippen LogP contribution in [0, 0.1) is 11.7 Å². The van der Waals surface area contributed by atoms with Crippen molar-refractivity contribution < 1.29 is 9.50 Å². The number of piperidine rings is 1. The van der Waals surface area contributed by atoms with Gasteiger partial charge in [-0.15, -0.1) is 0 Å². The Balaban J connectivity index is 2.15. The van der Waals surface area contributed by atoms with Crippen molar-refractivity contribution >= 4 is 0 Å². The van der Waals surface area contributed by atoms with Crippen molar-refractivity contribution in [2.45, 2.75) is 25.8 Å². The molecular formula is C15H20FNO. The molecule has 1 heterocycles. The lowest BCUT2D eigenvalue weighted by atomic mass is 9.93. The standard InChI is InChI=1S/C15H20FNO/c1-11(13-5-7-15(16)8-6-13)17-9-3-4-14(10-18)12(17)2/h5-8,11,14,18H,2-4,9-10H2,1H3. The van der Waals surface area contributed by atoms with Crippen molar-refractivity contribution in [3.63, 3.8) is 0 Å². The molecule has 1 aromatic carbocycles. The molecule has 2 rings (SSSR count). The summed E-state index contributed by atoms with van der Waals surface area (Å²) in [6.07, 6.45) is 2.07. The van der Waals surface area contributed by atoms with Gasteiger partial charge in [0, 0.05) is 18.2 Å². The van der Waals surface area contributed by atoms with Crippen LogP contribution in [0.5, 0.6) is 0 Å². The highest BCUT2D eigenvalue weighted by atomic mass is 19.1. The highest BCUT2D eigenvalue weighted by Crippen LogP contribution is 2.33. The van der Waals surface area contributed by atoms with E-state index in [2.05, 4.69) is 18.4 Å². The van der Waals surface area contributed by atoms with Crippen molar-refractivity contribution in [2.75, 3.05) is 13.2 Å². The average Bonchev–Trinajstić information content (AvgIpc) is 2.39. The number of halogens is 1. The summed E-state index contributed by atoms with van der Waals surface area (Å²) in [6.45, 7) is 7.31. The second-order valence-electron chi connectivity index (χ2n) is 4.93. The zero-order valence-electron chi connectivity index (χ0n) is 10.8. The number of rotatable bonds is 3. The van der Waals surface area contributed by atoms with E-state index in [1.165, 1.54) is 12.1 Å². The topological polar surface area (TPSA) is 23.5 Å². The predicted octanol–water partition coefficient (Wildman–Crippen LogP) is 3.10. The summed E-state index contributed by atoms with van der Waals surface area (Å²) in [6, 6.07) is 6.78. The van der Waals surface area contributed by atoms with Crippen LogP contribution in [0.15, 0.2) is 36.5 Å². The lowest BCUT2D eigenvalue weighted by molar-refractivity contribution is 0.145. The lowest BCUT2D eigenvalue weighted by Gasteiger charge is -2.40. The van der Waals surface area contributed by atoms with Crippen molar-refractivity contribution in [2.24, 2.45) is 5.92 Å². The van der Waals surface area contributed by atoms with Gasteiger partial charge in [0.25, 0.3) is 0 Å². The van der Waals surface area contributed by atoms with E-state index in [1.54, 1.807) is 0 Å². The summed E-state index contributed by atoms with van der Waals surface area (Å²) >= 11 is 0. The van der Waals surface area contributed by atoms with E-state index >= 15 is 0 Å². The Morgan fingerprint density at radius 1 is 1.44 bits per heavy atom. The maximum absolute atomic E-state index is 12.9. The van der Waals surface area contributed by atoms with Crippen LogP contribution in [0.1, 0.15) is 31.4 Å². The molecule has 18 heavy (non-hydrogen) atoms. The summed E-state index contributed by atoms with van der Waals surface area (Å²) < 4.78 is 12.9. The number of hydrogen-bond acceptors (Lipinski definition) is 2. The maximum Gasteiger partial charge on any atom is 0.123 e. The number of hydrogen-bond donors (Lipinski definition) is 1. The van der Waals surface area contributed by atoms with Crippen LogP contribution >= 0.6 is 0 Å². The Bertz CT molecular complexity index is 415. The van der Waals surface area contributed by atoms with Gasteiger partial charge >= 0.3 is 0 Å². The van der Waals surface area contributed by atoms with Crippen LogP contribution in [-0.2, 0) is 0 Å². The van der Waals surface area contributed by atoms with Crippen LogP contribution < -0.4 is 0 Å². The summed E-state index contributed by atoms with van der Waals surface area (Å²) in [5, 5.41) is 9.33. The highest BCUT2D eigenvalue weighted by molar-refractivity contribution is 5.21. The molecule has 2 unspecified atom stereocenters. The average molecular weight is 249 g/mol. The quantitative estimate of drug-likeness (QED) is 0.889. The first-order valence-corrected chi connectivity index (χ1v) is 6.45. The third kappa shape index (κ3) is 2.56. The number of aliphatic hydroxyl groups is 1. The number of nitrogens with zero attached hydrogens (tertiary/aromatic N) is 1. The predicted molar refractivity (Wildman–Crippen MR) is 70.5 cm³/mol. The highest BCUT2D eigenvalue weighted by Gasteiger charge is 2.26. The minimum atomic E-state index is -0.211. The second-order valence-corrected chi connectivity index (χ2v) is 4.93. The van der Waals surface area contributed by atoms with E-state index in [9.17, 15) is 9.50 Å². The van der Waals surface area contributed by atoms with Crippen LogP contribution in [0.4, 0.5) is 4.39 Å². The molecule has 0 bridgehead atoms. The van der Waals surface area contributed by atoms with Gasteiger partial charge in [-0.2, -0.15) is 0 Å². The molecule has 1 fully saturated rings. The van der Waals surface area contributed by atoms with Crippen LogP contribution in [-0.4, -0.2) is 23.2 Å². The first-order valence-electron chi connectivity index (χ1n) is 6.45. The Hall–Kier alpha value is -1.35. The largest absolute Gasteiger partial charge is 0.396 e. The molecule has 1 aliphatic rings. The first kappa shape index (κ1) is 13.1. The Kier molecular flexibility index (Phi) is 4.02. The van der Waals surface area contributed by atoms with Gasteiger partial charge < -0.3 is 10.0 Å². The smallest absolute Gasteiger partial charge is 0.123 e. The van der Waals surface area contributed by atoms with E-state index in [-0.39, 0.29) is 24.4 Å². The fourth-order valence-corrected chi connectivity index (χ4v) is 2.61. The molecule has 3 heteroatoms. The third-order valence-electron chi connectivity index (χ3n) is 3.83. The van der Waals surface area contributed by atoms with Crippen LogP contribution in [0.25, 0.3) is 0 Å². The van der Waals surface area contributed by atoms with E-state index in [4.69, 9.17) is 0 Å². The van der Waals surface area contributed by atoms with Gasteiger partial charge in [-0.3, -0.25) is 0 Å². The Morgan fingerprint density at radius 2 is 2.11 bits per heavy atom. The zero-order valence-corrected chi connectivity index (χ0v) is 10.8. The van der Waals surface area contributed by atoms with Crippen molar-refractivity contribution in [1.29, 1.82) is 0 Å². The number of aliphatic hydroxyl groups excluding tert-OH is 1. The Labute approximate surface area is 108 Å². The fraction of sp³-hybridized carbons (Fsp3) is 0.467. The molecule has 2 atom stereocenters. The monoisotopic (exact) mass is 249 g/mol. The van der Waals surface area contributed by atoms with Crippen molar-refractivity contribution in [1.82, 2.24) is 4.90 Å². The normalized spacial score (nSPS) is 22.1. The molecule has 0 saturated carbocycles. The summed E-state index contributed by atoms with van der Waals surface area (Å²) in [7, 11) is 0. The molecule has 1 aromatic rings. The van der Waals surface area contributed by atoms with Crippen LogP contribution in [0.3, 0.4) is 0 Å². The maximum atomic E-state index is 12.9. The summed E-state index contributed by atoms with van der Waals surface area (Å²) in [5.41, 5.74) is 2.08. The number of benzene rings is 1. The van der Waals surface area contributed by atoms with E-state index in [0.29, 0.717) is 0 Å². The molecule has 98 valence electrons. The molecule has 0 spiro atoms. The molecular weight excluding hydrogens is 229 g/mol. The van der Waals surface area contributed by atoms with E-state index < -0.39 is 0 Å². The molecule has 1 aliphatic heterocycles. The minimum Gasteiger partial charge on any atom is -0.396 e. The lowest BCUT2D eigenvalue weighted by Crippen LogP contribution is -2.36. The zero-order chi connectivity index (χ0) is 13.1. The van der Waals surface area contributed by atoms with E-state index in [0.717, 1.165) is 30.6 Å². The molecule has 0 amide bonds. The fourth-order valence-electron chi connectivity index (χ4n) is 2.61. The minimum absolute atomic E-state index is 0.158. The molecule has 0 aliphatic carbocycles. The molecule has 0 aromatic heterocycles.